The molecule has 3 aromatic heterocycles. The Labute approximate surface area is 163 Å². The zero-order valence-electron chi connectivity index (χ0n) is 16.3. The van der Waals surface area contributed by atoms with Crippen LogP contribution in [0.25, 0.3) is 11.4 Å². The van der Waals surface area contributed by atoms with Gasteiger partial charge < -0.3 is 9.84 Å². The molecule has 7 heteroatoms. The number of nitrogens with zero attached hydrogens (tertiary/aromatic N) is 4. The summed E-state index contributed by atoms with van der Waals surface area (Å²) in [6.07, 6.45) is 7.63. The van der Waals surface area contributed by atoms with E-state index in [0.29, 0.717) is 23.7 Å². The zero-order valence-corrected chi connectivity index (χ0v) is 16.3. The van der Waals surface area contributed by atoms with E-state index in [1.807, 2.05) is 25.3 Å². The van der Waals surface area contributed by atoms with E-state index in [4.69, 9.17) is 9.51 Å². The molecule has 3 aromatic rings. The van der Waals surface area contributed by atoms with Crippen LogP contribution in [0, 0.1) is 5.41 Å². The lowest BCUT2D eigenvalue weighted by molar-refractivity contribution is 0.0909. The van der Waals surface area contributed by atoms with Gasteiger partial charge in [-0.2, -0.15) is 0 Å². The van der Waals surface area contributed by atoms with Gasteiger partial charge in [-0.25, -0.2) is 9.97 Å². The van der Waals surface area contributed by atoms with Crippen LogP contribution in [0.3, 0.4) is 0 Å². The van der Waals surface area contributed by atoms with Crippen LogP contribution in [0.2, 0.25) is 0 Å². The van der Waals surface area contributed by atoms with Gasteiger partial charge in [-0.1, -0.05) is 25.9 Å². The summed E-state index contributed by atoms with van der Waals surface area (Å²) < 4.78 is 5.16. The Kier molecular flexibility index (Phi) is 4.66. The van der Waals surface area contributed by atoms with Crippen LogP contribution in [0.5, 0.6) is 0 Å². The fourth-order valence-corrected chi connectivity index (χ4v) is 3.63. The number of rotatable bonds is 4. The maximum Gasteiger partial charge on any atom is 0.273 e. The van der Waals surface area contributed by atoms with Gasteiger partial charge in [0.2, 0.25) is 0 Å². The number of fused-ring (bicyclic) bond motifs is 1. The third-order valence-corrected chi connectivity index (χ3v) is 5.06. The van der Waals surface area contributed by atoms with Gasteiger partial charge in [-0.05, 0) is 30.4 Å². The van der Waals surface area contributed by atoms with Gasteiger partial charge in [-0.15, -0.1) is 0 Å². The molecule has 144 valence electrons. The lowest BCUT2D eigenvalue weighted by Crippen LogP contribution is -2.37. The summed E-state index contributed by atoms with van der Waals surface area (Å²) in [4.78, 5) is 26.1. The Hall–Kier alpha value is -3.09. The molecule has 1 aliphatic rings. The second kappa shape index (κ2) is 7.14. The van der Waals surface area contributed by atoms with E-state index in [0.717, 1.165) is 29.7 Å². The molecule has 0 bridgehead atoms. The van der Waals surface area contributed by atoms with E-state index >= 15 is 0 Å². The van der Waals surface area contributed by atoms with Crippen molar-refractivity contribution < 1.29 is 9.32 Å². The summed E-state index contributed by atoms with van der Waals surface area (Å²) in [6.45, 7) is 6.34. The van der Waals surface area contributed by atoms with Crippen LogP contribution in [0.1, 0.15) is 60.7 Å². The SMILES string of the molecule is CCc1cc(C(=O)N[C@H]2CC(C)(C)Cc3nc(-c4ccncc4)ncc32)no1. The average molecular weight is 377 g/mol. The largest absolute Gasteiger partial charge is 0.361 e. The van der Waals surface area contributed by atoms with Gasteiger partial charge in [0.25, 0.3) is 5.91 Å². The van der Waals surface area contributed by atoms with Crippen LogP contribution in [0.4, 0.5) is 0 Å². The van der Waals surface area contributed by atoms with Gasteiger partial charge in [0.1, 0.15) is 5.76 Å². The molecule has 0 saturated carbocycles. The molecule has 1 amide bonds. The Morgan fingerprint density at radius 1 is 1.32 bits per heavy atom. The number of hydrogen-bond donors (Lipinski definition) is 1. The number of amides is 1. The molecular formula is C21H23N5O2. The molecule has 0 aliphatic heterocycles. The smallest absolute Gasteiger partial charge is 0.273 e. The molecular weight excluding hydrogens is 354 g/mol. The number of hydrogen-bond acceptors (Lipinski definition) is 6. The third kappa shape index (κ3) is 3.65. The van der Waals surface area contributed by atoms with Crippen LogP contribution in [0.15, 0.2) is 41.3 Å². The minimum Gasteiger partial charge on any atom is -0.361 e. The second-order valence-electron chi connectivity index (χ2n) is 7.93. The van der Waals surface area contributed by atoms with Crippen LogP contribution >= 0.6 is 0 Å². The Morgan fingerprint density at radius 3 is 2.82 bits per heavy atom. The molecule has 4 rings (SSSR count). The normalized spacial score (nSPS) is 17.8. The number of aryl methyl sites for hydroxylation is 1. The predicted octanol–water partition coefficient (Wildman–Crippen LogP) is 3.53. The van der Waals surface area contributed by atoms with E-state index in [1.165, 1.54) is 0 Å². The Balaban J connectivity index is 1.63. The topological polar surface area (TPSA) is 93.8 Å². The number of nitrogens with one attached hydrogen (secondary N) is 1. The minimum absolute atomic E-state index is 0.00716. The van der Waals surface area contributed by atoms with Crippen molar-refractivity contribution in [3.63, 3.8) is 0 Å². The van der Waals surface area contributed by atoms with Crippen molar-refractivity contribution in [1.82, 2.24) is 25.4 Å². The van der Waals surface area contributed by atoms with Crippen molar-refractivity contribution >= 4 is 5.91 Å². The summed E-state index contributed by atoms with van der Waals surface area (Å²) in [6, 6.07) is 5.31. The number of carbonyl (C=O) groups is 1. The van der Waals surface area contributed by atoms with Gasteiger partial charge in [0, 0.05) is 42.2 Å². The highest BCUT2D eigenvalue weighted by molar-refractivity contribution is 5.92. The van der Waals surface area contributed by atoms with E-state index in [2.05, 4.69) is 34.3 Å². The first-order valence-corrected chi connectivity index (χ1v) is 9.48. The van der Waals surface area contributed by atoms with Crippen molar-refractivity contribution in [2.24, 2.45) is 5.41 Å². The highest BCUT2D eigenvalue weighted by Gasteiger charge is 2.35. The molecule has 1 N–H and O–H groups in total. The van der Waals surface area contributed by atoms with Gasteiger partial charge in [-0.3, -0.25) is 9.78 Å². The molecule has 0 aromatic carbocycles. The fourth-order valence-electron chi connectivity index (χ4n) is 3.63. The number of pyridine rings is 1. The number of aromatic nitrogens is 4. The fraction of sp³-hybridized carbons (Fsp3) is 0.381. The number of carbonyl (C=O) groups excluding carboxylic acids is 1. The molecule has 0 saturated heterocycles. The van der Waals surface area contributed by atoms with E-state index in [-0.39, 0.29) is 17.4 Å². The molecule has 1 aliphatic carbocycles. The maximum atomic E-state index is 12.7. The van der Waals surface area contributed by atoms with Crippen LogP contribution in [-0.2, 0) is 12.8 Å². The first-order chi connectivity index (χ1) is 13.4. The van der Waals surface area contributed by atoms with Gasteiger partial charge in [0.15, 0.2) is 11.5 Å². The molecule has 0 fully saturated rings. The van der Waals surface area contributed by atoms with Crippen molar-refractivity contribution in [2.75, 3.05) is 0 Å². The Morgan fingerprint density at radius 2 is 2.11 bits per heavy atom. The summed E-state index contributed by atoms with van der Waals surface area (Å²) in [7, 11) is 0. The quantitative estimate of drug-likeness (QED) is 0.747. The summed E-state index contributed by atoms with van der Waals surface area (Å²) in [5, 5.41) is 6.97. The van der Waals surface area contributed by atoms with Crippen LogP contribution in [-0.4, -0.2) is 26.0 Å². The standard InChI is InChI=1S/C21H23N5O2/c1-4-14-9-16(26-28-14)20(27)25-18-11-21(2,3)10-17-15(18)12-23-19(24-17)13-5-7-22-8-6-13/h5-9,12,18H,4,10-11H2,1-3H3,(H,25,27)/t18-/m0/s1. The van der Waals surface area contributed by atoms with Crippen LogP contribution < -0.4 is 5.32 Å². The van der Waals surface area contributed by atoms with E-state index in [9.17, 15) is 4.79 Å². The molecule has 1 atom stereocenters. The zero-order chi connectivity index (χ0) is 19.7. The maximum absolute atomic E-state index is 12.7. The minimum atomic E-state index is -0.240. The highest BCUT2D eigenvalue weighted by Crippen LogP contribution is 2.40. The highest BCUT2D eigenvalue weighted by atomic mass is 16.5. The molecule has 3 heterocycles. The lowest BCUT2D eigenvalue weighted by atomic mass is 9.74. The first-order valence-electron chi connectivity index (χ1n) is 9.48. The molecule has 7 nitrogen and oxygen atoms in total. The van der Waals surface area contributed by atoms with Gasteiger partial charge >= 0.3 is 0 Å². The summed E-state index contributed by atoms with van der Waals surface area (Å²) in [5.74, 6) is 1.13. The van der Waals surface area contributed by atoms with Crippen molar-refractivity contribution in [2.45, 2.75) is 46.1 Å². The third-order valence-electron chi connectivity index (χ3n) is 5.06. The molecule has 0 unspecified atom stereocenters. The monoisotopic (exact) mass is 377 g/mol. The summed E-state index contributed by atoms with van der Waals surface area (Å²) in [5.41, 5.74) is 3.17. The van der Waals surface area contributed by atoms with Gasteiger partial charge in [0.05, 0.1) is 11.7 Å². The van der Waals surface area contributed by atoms with Crippen molar-refractivity contribution in [1.29, 1.82) is 0 Å². The first kappa shape index (κ1) is 18.3. The molecule has 0 spiro atoms. The van der Waals surface area contributed by atoms with E-state index in [1.54, 1.807) is 18.5 Å². The summed E-state index contributed by atoms with van der Waals surface area (Å²) >= 11 is 0. The molecule has 0 radical (unpaired) electrons. The molecule has 28 heavy (non-hydrogen) atoms. The predicted molar refractivity (Wildman–Crippen MR) is 103 cm³/mol. The van der Waals surface area contributed by atoms with Crippen molar-refractivity contribution in [3.8, 4) is 11.4 Å². The average Bonchev–Trinajstić information content (AvgIpc) is 3.17. The second-order valence-corrected chi connectivity index (χ2v) is 7.93. The lowest BCUT2D eigenvalue weighted by Gasteiger charge is -2.36. The van der Waals surface area contributed by atoms with Crippen molar-refractivity contribution in [3.05, 3.63) is 59.5 Å². The Bertz CT molecular complexity index is 997. The van der Waals surface area contributed by atoms with E-state index < -0.39 is 0 Å².